The average Bonchev–Trinajstić information content (AvgIpc) is 3.03. The number of ether oxygens (including phenoxy) is 1. The molecule has 1 aromatic carbocycles. The summed E-state index contributed by atoms with van der Waals surface area (Å²) in [5.41, 5.74) is 0.859. The van der Waals surface area contributed by atoms with Crippen LogP contribution in [0.25, 0.3) is 0 Å². The maximum atomic E-state index is 13.1. The van der Waals surface area contributed by atoms with Crippen LogP contribution in [0.2, 0.25) is 0 Å². The number of morpholine rings is 1. The van der Waals surface area contributed by atoms with Gasteiger partial charge in [-0.3, -0.25) is 5.32 Å². The molecule has 7 heteroatoms. The molecule has 1 aliphatic heterocycles. The van der Waals surface area contributed by atoms with Gasteiger partial charge in [-0.25, -0.2) is 13.9 Å². The second-order valence-corrected chi connectivity index (χ2v) is 6.58. The van der Waals surface area contributed by atoms with E-state index in [1.54, 1.807) is 34.0 Å². The van der Waals surface area contributed by atoms with Gasteiger partial charge in [0, 0.05) is 18.7 Å². The number of rotatable bonds is 3. The van der Waals surface area contributed by atoms with Crippen molar-refractivity contribution in [3.05, 3.63) is 47.9 Å². The van der Waals surface area contributed by atoms with Crippen molar-refractivity contribution in [2.75, 3.05) is 18.4 Å². The molecule has 2 amide bonds. The number of carbonyl (C=O) groups excluding carboxylic acids is 1. The van der Waals surface area contributed by atoms with Crippen molar-refractivity contribution in [1.82, 2.24) is 14.7 Å². The number of anilines is 1. The molecular weight excluding hydrogens is 323 g/mol. The lowest BCUT2D eigenvalue weighted by molar-refractivity contribution is -0.0643. The summed E-state index contributed by atoms with van der Waals surface area (Å²) in [4.78, 5) is 14.4. The maximum absolute atomic E-state index is 13.1. The molecule has 0 saturated carbocycles. The van der Waals surface area contributed by atoms with Crippen LogP contribution in [-0.4, -0.2) is 39.9 Å². The van der Waals surface area contributed by atoms with E-state index in [9.17, 15) is 9.18 Å². The Kier molecular flexibility index (Phi) is 5.03. The van der Waals surface area contributed by atoms with Crippen molar-refractivity contribution in [2.45, 2.75) is 39.0 Å². The molecule has 0 bridgehead atoms. The molecule has 0 aliphatic carbocycles. The molecule has 0 spiro atoms. The lowest BCUT2D eigenvalue weighted by atomic mass is 10.1. The molecule has 2 aromatic rings. The minimum atomic E-state index is -0.288. The first-order valence-electron chi connectivity index (χ1n) is 8.44. The number of benzene rings is 1. The number of carbonyl (C=O) groups is 1. The van der Waals surface area contributed by atoms with Crippen LogP contribution in [0.3, 0.4) is 0 Å². The zero-order chi connectivity index (χ0) is 18.0. The molecule has 2 heterocycles. The Morgan fingerprint density at radius 2 is 2.00 bits per heavy atom. The van der Waals surface area contributed by atoms with E-state index in [4.69, 9.17) is 4.74 Å². The van der Waals surface area contributed by atoms with Crippen LogP contribution >= 0.6 is 0 Å². The Morgan fingerprint density at radius 3 is 2.68 bits per heavy atom. The van der Waals surface area contributed by atoms with Gasteiger partial charge in [0.2, 0.25) is 0 Å². The smallest absolute Gasteiger partial charge is 0.323 e. The SMILES string of the molecule is CC1CN(C(=O)Nc2ccnn2C(C)C)CC(c2ccc(F)cc2)O1. The van der Waals surface area contributed by atoms with Crippen molar-refractivity contribution in [3.8, 4) is 0 Å². The number of halogens is 1. The molecule has 1 N–H and O–H groups in total. The quantitative estimate of drug-likeness (QED) is 0.924. The fourth-order valence-electron chi connectivity index (χ4n) is 2.99. The number of aromatic nitrogens is 2. The second-order valence-electron chi connectivity index (χ2n) is 6.58. The zero-order valence-corrected chi connectivity index (χ0v) is 14.6. The molecule has 1 saturated heterocycles. The van der Waals surface area contributed by atoms with E-state index >= 15 is 0 Å². The third kappa shape index (κ3) is 3.99. The Hall–Kier alpha value is -2.41. The van der Waals surface area contributed by atoms with E-state index in [0.717, 1.165) is 5.56 Å². The van der Waals surface area contributed by atoms with Crippen molar-refractivity contribution in [3.63, 3.8) is 0 Å². The highest BCUT2D eigenvalue weighted by molar-refractivity contribution is 5.88. The highest BCUT2D eigenvalue weighted by Gasteiger charge is 2.30. The summed E-state index contributed by atoms with van der Waals surface area (Å²) in [6.45, 7) is 6.85. The second kappa shape index (κ2) is 7.23. The summed E-state index contributed by atoms with van der Waals surface area (Å²) < 4.78 is 20.8. The van der Waals surface area contributed by atoms with Gasteiger partial charge in [-0.15, -0.1) is 0 Å². The molecule has 2 atom stereocenters. The fourth-order valence-corrected chi connectivity index (χ4v) is 2.99. The summed E-state index contributed by atoms with van der Waals surface area (Å²) in [6, 6.07) is 7.95. The number of nitrogens with zero attached hydrogens (tertiary/aromatic N) is 3. The molecule has 1 aliphatic rings. The molecule has 2 unspecified atom stereocenters. The summed E-state index contributed by atoms with van der Waals surface area (Å²) in [5, 5.41) is 7.14. The molecule has 3 rings (SSSR count). The summed E-state index contributed by atoms with van der Waals surface area (Å²) in [6.07, 6.45) is 1.29. The van der Waals surface area contributed by atoms with Crippen LogP contribution in [0.1, 0.15) is 38.5 Å². The van der Waals surface area contributed by atoms with E-state index in [0.29, 0.717) is 18.9 Å². The van der Waals surface area contributed by atoms with Gasteiger partial charge in [0.05, 0.1) is 18.8 Å². The van der Waals surface area contributed by atoms with Crippen LogP contribution in [0, 0.1) is 5.82 Å². The highest BCUT2D eigenvalue weighted by Crippen LogP contribution is 2.26. The number of nitrogens with one attached hydrogen (secondary N) is 1. The van der Waals surface area contributed by atoms with Gasteiger partial charge in [-0.05, 0) is 38.5 Å². The van der Waals surface area contributed by atoms with E-state index in [2.05, 4.69) is 10.4 Å². The van der Waals surface area contributed by atoms with Crippen LogP contribution in [0.4, 0.5) is 15.0 Å². The zero-order valence-electron chi connectivity index (χ0n) is 14.6. The van der Waals surface area contributed by atoms with E-state index < -0.39 is 0 Å². The summed E-state index contributed by atoms with van der Waals surface area (Å²) in [5.74, 6) is 0.377. The lowest BCUT2D eigenvalue weighted by Gasteiger charge is -2.37. The van der Waals surface area contributed by atoms with Crippen molar-refractivity contribution < 1.29 is 13.9 Å². The van der Waals surface area contributed by atoms with E-state index in [-0.39, 0.29) is 30.1 Å². The van der Waals surface area contributed by atoms with Gasteiger partial charge in [-0.1, -0.05) is 12.1 Å². The average molecular weight is 346 g/mol. The highest BCUT2D eigenvalue weighted by atomic mass is 19.1. The minimum Gasteiger partial charge on any atom is -0.367 e. The predicted molar refractivity (Wildman–Crippen MR) is 92.9 cm³/mol. The summed E-state index contributed by atoms with van der Waals surface area (Å²) >= 11 is 0. The monoisotopic (exact) mass is 346 g/mol. The third-order valence-electron chi connectivity index (χ3n) is 4.18. The molecule has 0 radical (unpaired) electrons. The number of urea groups is 1. The summed E-state index contributed by atoms with van der Waals surface area (Å²) in [7, 11) is 0. The van der Waals surface area contributed by atoms with Gasteiger partial charge in [0.1, 0.15) is 17.7 Å². The van der Waals surface area contributed by atoms with Gasteiger partial charge < -0.3 is 9.64 Å². The van der Waals surface area contributed by atoms with Crippen LogP contribution < -0.4 is 5.32 Å². The molecule has 25 heavy (non-hydrogen) atoms. The largest absolute Gasteiger partial charge is 0.367 e. The maximum Gasteiger partial charge on any atom is 0.323 e. The fraction of sp³-hybridized carbons (Fsp3) is 0.444. The van der Waals surface area contributed by atoms with Gasteiger partial charge in [0.25, 0.3) is 0 Å². The first kappa shape index (κ1) is 17.4. The third-order valence-corrected chi connectivity index (χ3v) is 4.18. The minimum absolute atomic E-state index is 0.107. The normalized spacial score (nSPS) is 20.8. The number of amides is 2. The van der Waals surface area contributed by atoms with Crippen molar-refractivity contribution in [1.29, 1.82) is 0 Å². The lowest BCUT2D eigenvalue weighted by Crippen LogP contribution is -2.47. The molecular formula is C18H23FN4O2. The van der Waals surface area contributed by atoms with Crippen LogP contribution in [-0.2, 0) is 4.74 Å². The molecule has 134 valence electrons. The van der Waals surface area contributed by atoms with Crippen molar-refractivity contribution >= 4 is 11.8 Å². The van der Waals surface area contributed by atoms with Gasteiger partial charge in [-0.2, -0.15) is 5.10 Å². The Bertz CT molecular complexity index is 729. The van der Waals surface area contributed by atoms with Gasteiger partial charge >= 0.3 is 6.03 Å². The van der Waals surface area contributed by atoms with Gasteiger partial charge in [0.15, 0.2) is 0 Å². The predicted octanol–water partition coefficient (Wildman–Crippen LogP) is 3.60. The Labute approximate surface area is 146 Å². The van der Waals surface area contributed by atoms with E-state index in [1.165, 1.54) is 12.1 Å². The first-order valence-corrected chi connectivity index (χ1v) is 8.44. The number of hydrogen-bond donors (Lipinski definition) is 1. The van der Waals surface area contributed by atoms with Crippen LogP contribution in [0.5, 0.6) is 0 Å². The Morgan fingerprint density at radius 1 is 1.28 bits per heavy atom. The van der Waals surface area contributed by atoms with Crippen molar-refractivity contribution in [2.24, 2.45) is 0 Å². The topological polar surface area (TPSA) is 59.4 Å². The molecule has 1 fully saturated rings. The van der Waals surface area contributed by atoms with Crippen LogP contribution in [0.15, 0.2) is 36.5 Å². The standard InChI is InChI=1S/C18H23FN4O2/c1-12(2)23-17(8-9-20-23)21-18(24)22-10-13(3)25-16(11-22)14-4-6-15(19)7-5-14/h4-9,12-13,16H,10-11H2,1-3H3,(H,21,24). The molecule has 6 nitrogen and oxygen atoms in total. The molecule has 1 aromatic heterocycles. The van der Waals surface area contributed by atoms with E-state index in [1.807, 2.05) is 20.8 Å². The number of hydrogen-bond acceptors (Lipinski definition) is 3. The first-order chi connectivity index (χ1) is 11.9. The Balaban J connectivity index is 1.71.